The minimum atomic E-state index is -0.728. The average molecular weight is 352 g/mol. The maximum atomic E-state index is 11.8. The lowest BCUT2D eigenvalue weighted by molar-refractivity contribution is -0.165. The van der Waals surface area contributed by atoms with Gasteiger partial charge in [-0.2, -0.15) is 0 Å². The van der Waals surface area contributed by atoms with Crippen LogP contribution in [0.4, 0.5) is 0 Å². The molecule has 138 valence electrons. The second-order valence-corrected chi connectivity index (χ2v) is 8.54. The number of aryl methyl sites for hydroxylation is 1. The first-order valence-electron chi connectivity index (χ1n) is 9.78. The zero-order chi connectivity index (χ0) is 18.5. The summed E-state index contributed by atoms with van der Waals surface area (Å²) in [7, 11) is 1.73. The lowest BCUT2D eigenvalue weighted by Gasteiger charge is -2.52. The maximum absolute atomic E-state index is 11.8. The predicted molar refractivity (Wildman–Crippen MR) is 101 cm³/mol. The lowest BCUT2D eigenvalue weighted by atomic mass is 9.53. The Morgan fingerprint density at radius 1 is 1.27 bits per heavy atom. The molecular weight excluding hydrogens is 324 g/mol. The first kappa shape index (κ1) is 17.5. The number of fused-ring (bicyclic) bond motifs is 5. The predicted octanol–water partition coefficient (Wildman–Crippen LogP) is 4.49. The van der Waals surface area contributed by atoms with Crippen molar-refractivity contribution in [2.75, 3.05) is 7.11 Å². The van der Waals surface area contributed by atoms with Gasteiger partial charge < -0.3 is 9.47 Å². The standard InChI is InChI=1S/C23H28O3/c1-5-23(26-15(2)24)13-11-21-20-8-6-16-14-17(25-4)7-9-18(16)19(20)10-12-22(21,23)3/h1,7,9,14,19-21H,6,8,10-13H2,2-4H3/t19-,20-,21+,22-,23+/m0/s1. The van der Waals surface area contributed by atoms with Crippen LogP contribution in [-0.4, -0.2) is 18.7 Å². The number of carbonyl (C=O) groups excluding carboxylic acids is 1. The van der Waals surface area contributed by atoms with Gasteiger partial charge in [0.15, 0.2) is 5.60 Å². The van der Waals surface area contributed by atoms with Gasteiger partial charge in [0.2, 0.25) is 0 Å². The highest BCUT2D eigenvalue weighted by Crippen LogP contribution is 2.65. The van der Waals surface area contributed by atoms with E-state index < -0.39 is 5.60 Å². The van der Waals surface area contributed by atoms with Crippen molar-refractivity contribution in [3.8, 4) is 18.1 Å². The Bertz CT molecular complexity index is 776. The molecule has 0 aliphatic heterocycles. The normalized spacial score (nSPS) is 37.7. The van der Waals surface area contributed by atoms with E-state index in [9.17, 15) is 4.79 Å². The summed E-state index contributed by atoms with van der Waals surface area (Å²) < 4.78 is 11.2. The van der Waals surface area contributed by atoms with Crippen molar-refractivity contribution in [3.63, 3.8) is 0 Å². The molecule has 0 saturated heterocycles. The summed E-state index contributed by atoms with van der Waals surface area (Å²) in [5.41, 5.74) is 2.10. The molecule has 3 nitrogen and oxygen atoms in total. The summed E-state index contributed by atoms with van der Waals surface area (Å²) in [6.45, 7) is 3.75. The van der Waals surface area contributed by atoms with Crippen molar-refractivity contribution in [2.45, 2.75) is 63.9 Å². The van der Waals surface area contributed by atoms with Crippen molar-refractivity contribution in [3.05, 3.63) is 29.3 Å². The smallest absolute Gasteiger partial charge is 0.304 e. The van der Waals surface area contributed by atoms with Crippen LogP contribution < -0.4 is 4.74 Å². The number of carbonyl (C=O) groups is 1. The second kappa shape index (κ2) is 6.05. The first-order chi connectivity index (χ1) is 12.4. The Morgan fingerprint density at radius 3 is 2.77 bits per heavy atom. The molecular formula is C23H28O3. The van der Waals surface area contributed by atoms with Crippen LogP contribution in [-0.2, 0) is 16.0 Å². The molecule has 5 atom stereocenters. The minimum Gasteiger partial charge on any atom is -0.497 e. The molecule has 1 aromatic carbocycles. The topological polar surface area (TPSA) is 35.5 Å². The number of methoxy groups -OCH3 is 1. The van der Waals surface area contributed by atoms with E-state index in [0.717, 1.165) is 37.9 Å². The number of benzene rings is 1. The fourth-order valence-electron chi connectivity index (χ4n) is 6.36. The summed E-state index contributed by atoms with van der Waals surface area (Å²) in [5.74, 6) is 5.35. The third-order valence-electron chi connectivity index (χ3n) is 7.60. The Kier molecular flexibility index (Phi) is 4.06. The molecule has 4 rings (SSSR count). The Hall–Kier alpha value is -1.95. The first-order valence-corrected chi connectivity index (χ1v) is 9.78. The van der Waals surface area contributed by atoms with Crippen LogP contribution in [0, 0.1) is 29.6 Å². The number of esters is 1. The van der Waals surface area contributed by atoms with E-state index in [2.05, 4.69) is 31.0 Å². The van der Waals surface area contributed by atoms with Gasteiger partial charge in [-0.15, -0.1) is 6.42 Å². The van der Waals surface area contributed by atoms with Crippen LogP contribution in [0.2, 0.25) is 0 Å². The Balaban J connectivity index is 1.68. The molecule has 1 aromatic rings. The van der Waals surface area contributed by atoms with Gasteiger partial charge in [0, 0.05) is 12.3 Å². The van der Waals surface area contributed by atoms with E-state index in [-0.39, 0.29) is 11.4 Å². The SMILES string of the molecule is C#C[C@@]1(OC(C)=O)CC[C@@H]2[C@H]3CCc4cc(OC)ccc4[C@@H]3CC[C@@]21C. The summed E-state index contributed by atoms with van der Waals surface area (Å²) in [4.78, 5) is 11.8. The number of hydrogen-bond donors (Lipinski definition) is 0. The van der Waals surface area contributed by atoms with Crippen LogP contribution >= 0.6 is 0 Å². The quantitative estimate of drug-likeness (QED) is 0.581. The molecule has 0 aromatic heterocycles. The van der Waals surface area contributed by atoms with Crippen molar-refractivity contribution in [2.24, 2.45) is 17.3 Å². The maximum Gasteiger partial charge on any atom is 0.304 e. The number of terminal acetylenes is 1. The molecule has 0 bridgehead atoms. The number of hydrogen-bond acceptors (Lipinski definition) is 3. The van der Waals surface area contributed by atoms with E-state index in [1.54, 1.807) is 7.11 Å². The highest BCUT2D eigenvalue weighted by molar-refractivity contribution is 5.67. The second-order valence-electron chi connectivity index (χ2n) is 8.54. The van der Waals surface area contributed by atoms with Crippen LogP contribution in [0.3, 0.4) is 0 Å². The molecule has 26 heavy (non-hydrogen) atoms. The molecule has 3 aliphatic carbocycles. The Labute approximate surface area is 156 Å². The zero-order valence-electron chi connectivity index (χ0n) is 16.0. The Morgan fingerprint density at radius 2 is 2.08 bits per heavy atom. The van der Waals surface area contributed by atoms with Crippen molar-refractivity contribution >= 4 is 5.97 Å². The molecule has 0 spiro atoms. The van der Waals surface area contributed by atoms with Crippen LogP contribution in [0.15, 0.2) is 18.2 Å². The molecule has 3 aliphatic rings. The largest absolute Gasteiger partial charge is 0.497 e. The lowest BCUT2D eigenvalue weighted by Crippen LogP contribution is -2.52. The summed E-state index contributed by atoms with van der Waals surface area (Å²) >= 11 is 0. The van der Waals surface area contributed by atoms with E-state index in [1.807, 2.05) is 0 Å². The van der Waals surface area contributed by atoms with Crippen LogP contribution in [0.25, 0.3) is 0 Å². The summed E-state index contributed by atoms with van der Waals surface area (Å²) in [6, 6.07) is 6.57. The average Bonchev–Trinajstić information content (AvgIpc) is 2.93. The third kappa shape index (κ3) is 2.31. The van der Waals surface area contributed by atoms with Gasteiger partial charge in [-0.3, -0.25) is 4.79 Å². The molecule has 2 fully saturated rings. The molecule has 3 heteroatoms. The highest BCUT2D eigenvalue weighted by atomic mass is 16.6. The number of ether oxygens (including phenoxy) is 2. The monoisotopic (exact) mass is 352 g/mol. The van der Waals surface area contributed by atoms with Gasteiger partial charge in [-0.1, -0.05) is 18.9 Å². The highest BCUT2D eigenvalue weighted by Gasteiger charge is 2.63. The minimum absolute atomic E-state index is 0.113. The zero-order valence-corrected chi connectivity index (χ0v) is 16.0. The molecule has 0 radical (unpaired) electrons. The molecule has 0 heterocycles. The molecule has 0 amide bonds. The molecule has 0 N–H and O–H groups in total. The van der Waals surface area contributed by atoms with Gasteiger partial charge in [0.1, 0.15) is 5.75 Å². The van der Waals surface area contributed by atoms with E-state index in [1.165, 1.54) is 24.5 Å². The number of rotatable bonds is 2. The van der Waals surface area contributed by atoms with E-state index in [4.69, 9.17) is 15.9 Å². The van der Waals surface area contributed by atoms with Crippen molar-refractivity contribution in [1.82, 2.24) is 0 Å². The van der Waals surface area contributed by atoms with Gasteiger partial charge >= 0.3 is 5.97 Å². The van der Waals surface area contributed by atoms with Gasteiger partial charge in [-0.25, -0.2) is 0 Å². The van der Waals surface area contributed by atoms with Gasteiger partial charge in [0.05, 0.1) is 7.11 Å². The fourth-order valence-corrected chi connectivity index (χ4v) is 6.36. The molecule has 0 unspecified atom stereocenters. The van der Waals surface area contributed by atoms with E-state index >= 15 is 0 Å². The third-order valence-corrected chi connectivity index (χ3v) is 7.60. The van der Waals surface area contributed by atoms with E-state index in [0.29, 0.717) is 17.8 Å². The summed E-state index contributed by atoms with van der Waals surface area (Å²) in [5, 5.41) is 0. The van der Waals surface area contributed by atoms with Crippen molar-refractivity contribution < 1.29 is 14.3 Å². The molecule has 2 saturated carbocycles. The van der Waals surface area contributed by atoms with Crippen LogP contribution in [0.5, 0.6) is 5.75 Å². The fraction of sp³-hybridized carbons (Fsp3) is 0.609. The van der Waals surface area contributed by atoms with Crippen LogP contribution in [0.1, 0.15) is 63.0 Å². The van der Waals surface area contributed by atoms with Crippen molar-refractivity contribution in [1.29, 1.82) is 0 Å². The summed E-state index contributed by atoms with van der Waals surface area (Å²) in [6.07, 6.45) is 12.2. The van der Waals surface area contributed by atoms with Gasteiger partial charge in [-0.05, 0) is 79.5 Å². The van der Waals surface area contributed by atoms with Gasteiger partial charge in [0.25, 0.3) is 0 Å².